The number of nitrogens with zero attached hydrogens (tertiary/aromatic N) is 4. The molecule has 0 radical (unpaired) electrons. The minimum atomic E-state index is -0.0399. The van der Waals surface area contributed by atoms with Gasteiger partial charge in [0.2, 0.25) is 5.91 Å². The summed E-state index contributed by atoms with van der Waals surface area (Å²) >= 11 is 0. The van der Waals surface area contributed by atoms with Crippen LogP contribution in [0, 0.1) is 0 Å². The maximum Gasteiger partial charge on any atom is 0.239 e. The van der Waals surface area contributed by atoms with Crippen LogP contribution in [0.3, 0.4) is 0 Å². The van der Waals surface area contributed by atoms with Gasteiger partial charge in [0.05, 0.1) is 11.7 Å². The van der Waals surface area contributed by atoms with E-state index in [-0.39, 0.29) is 11.9 Å². The number of hydrogen-bond donors (Lipinski definition) is 1. The summed E-state index contributed by atoms with van der Waals surface area (Å²) in [5, 5.41) is 7.77. The molecule has 6 heteroatoms. The van der Waals surface area contributed by atoms with Crippen molar-refractivity contribution >= 4 is 5.91 Å². The van der Waals surface area contributed by atoms with Crippen molar-refractivity contribution in [2.24, 2.45) is 0 Å². The number of piperazine rings is 1. The molecule has 1 unspecified atom stereocenters. The molecule has 4 rings (SSSR count). The van der Waals surface area contributed by atoms with Crippen molar-refractivity contribution in [2.45, 2.75) is 25.8 Å². The third kappa shape index (κ3) is 3.77. The van der Waals surface area contributed by atoms with Crippen LogP contribution in [0.15, 0.2) is 30.3 Å². The van der Waals surface area contributed by atoms with Crippen LogP contribution < -0.4 is 0 Å². The van der Waals surface area contributed by atoms with E-state index in [4.69, 9.17) is 0 Å². The first kappa shape index (κ1) is 18.2. The van der Waals surface area contributed by atoms with Crippen LogP contribution in [-0.2, 0) is 17.6 Å². The molecule has 27 heavy (non-hydrogen) atoms. The molecule has 0 bridgehead atoms. The number of H-pyrrole nitrogens is 1. The number of likely N-dealkylation sites (N-methyl/N-ethyl adjacent to an activating group) is 1. The summed E-state index contributed by atoms with van der Waals surface area (Å²) in [6, 6.07) is 10.3. The Hall–Kier alpha value is -2.18. The summed E-state index contributed by atoms with van der Waals surface area (Å²) in [6.45, 7) is 7.61. The van der Waals surface area contributed by atoms with Gasteiger partial charge in [-0.2, -0.15) is 5.10 Å². The summed E-state index contributed by atoms with van der Waals surface area (Å²) < 4.78 is 0. The van der Waals surface area contributed by atoms with Gasteiger partial charge in [0, 0.05) is 62.5 Å². The number of nitrogens with one attached hydrogen (secondary N) is 1. The number of carbonyl (C=O) groups excluding carboxylic acids is 1. The van der Waals surface area contributed by atoms with Crippen molar-refractivity contribution in [2.75, 3.05) is 46.3 Å². The van der Waals surface area contributed by atoms with Gasteiger partial charge in [-0.25, -0.2) is 0 Å². The van der Waals surface area contributed by atoms with E-state index in [1.165, 1.54) is 11.3 Å². The van der Waals surface area contributed by atoms with Crippen LogP contribution in [-0.4, -0.2) is 83.2 Å². The molecule has 0 aliphatic carbocycles. The fraction of sp³-hybridized carbons (Fsp3) is 0.524. The van der Waals surface area contributed by atoms with Crippen LogP contribution >= 0.6 is 0 Å². The Kier molecular flexibility index (Phi) is 5.27. The monoisotopic (exact) mass is 367 g/mol. The van der Waals surface area contributed by atoms with Gasteiger partial charge in [0.1, 0.15) is 0 Å². The molecule has 2 aliphatic rings. The topological polar surface area (TPSA) is 55.5 Å². The standard InChI is InChI=1S/C21H29N5O/c1-16(25-14-12-24(2)13-15-25)21(27)26-10-8-18-19(9-11-26)22-23-20(18)17-6-4-3-5-7-17/h3-7,16H,8-15H2,1-2H3,(H,22,23). The van der Waals surface area contributed by atoms with Crippen molar-refractivity contribution in [1.82, 2.24) is 24.9 Å². The lowest BCUT2D eigenvalue weighted by atomic mass is 10.0. The van der Waals surface area contributed by atoms with Gasteiger partial charge in [-0.05, 0) is 20.4 Å². The molecule has 1 atom stereocenters. The van der Waals surface area contributed by atoms with E-state index in [0.717, 1.165) is 63.4 Å². The van der Waals surface area contributed by atoms with Crippen molar-refractivity contribution in [3.05, 3.63) is 41.6 Å². The number of rotatable bonds is 3. The third-order valence-corrected chi connectivity index (χ3v) is 6.02. The summed E-state index contributed by atoms with van der Waals surface area (Å²) in [7, 11) is 2.14. The number of hydrogen-bond acceptors (Lipinski definition) is 4. The van der Waals surface area contributed by atoms with E-state index in [0.29, 0.717) is 0 Å². The zero-order chi connectivity index (χ0) is 18.8. The smallest absolute Gasteiger partial charge is 0.239 e. The SMILES string of the molecule is CC(C(=O)N1CCc2[nH]nc(-c3ccccc3)c2CC1)N1CCN(C)CC1. The second-order valence-corrected chi connectivity index (χ2v) is 7.74. The molecule has 0 spiro atoms. The van der Waals surface area contributed by atoms with Crippen LogP contribution in [0.1, 0.15) is 18.2 Å². The molecule has 6 nitrogen and oxygen atoms in total. The Morgan fingerprint density at radius 1 is 1.04 bits per heavy atom. The summed E-state index contributed by atoms with van der Waals surface area (Å²) in [6.07, 6.45) is 1.70. The highest BCUT2D eigenvalue weighted by Crippen LogP contribution is 2.26. The summed E-state index contributed by atoms with van der Waals surface area (Å²) in [5.74, 6) is 0.263. The van der Waals surface area contributed by atoms with Crippen LogP contribution in [0.5, 0.6) is 0 Å². The first-order valence-corrected chi connectivity index (χ1v) is 9.96. The average Bonchev–Trinajstić information content (AvgIpc) is 2.99. The Labute approximate surface area is 161 Å². The average molecular weight is 367 g/mol. The van der Waals surface area contributed by atoms with Gasteiger partial charge in [-0.3, -0.25) is 14.8 Å². The number of fused-ring (bicyclic) bond motifs is 1. The number of benzene rings is 1. The second kappa shape index (κ2) is 7.82. The van der Waals surface area contributed by atoms with Crippen LogP contribution in [0.2, 0.25) is 0 Å². The zero-order valence-corrected chi connectivity index (χ0v) is 16.3. The highest BCUT2D eigenvalue weighted by molar-refractivity contribution is 5.81. The fourth-order valence-electron chi connectivity index (χ4n) is 4.17. The van der Waals surface area contributed by atoms with Gasteiger partial charge < -0.3 is 9.80 Å². The number of aromatic amines is 1. The van der Waals surface area contributed by atoms with Crippen molar-refractivity contribution < 1.29 is 4.79 Å². The lowest BCUT2D eigenvalue weighted by Crippen LogP contribution is -2.54. The maximum atomic E-state index is 13.1. The number of carbonyl (C=O) groups is 1. The molecule has 1 N–H and O–H groups in total. The first-order valence-electron chi connectivity index (χ1n) is 9.96. The summed E-state index contributed by atoms with van der Waals surface area (Å²) in [5.41, 5.74) is 4.62. The molecule has 144 valence electrons. The molecular weight excluding hydrogens is 338 g/mol. The second-order valence-electron chi connectivity index (χ2n) is 7.74. The van der Waals surface area contributed by atoms with Crippen molar-refractivity contribution in [3.8, 4) is 11.3 Å². The maximum absolute atomic E-state index is 13.1. The predicted octanol–water partition coefficient (Wildman–Crippen LogP) is 1.64. The number of aromatic nitrogens is 2. The quantitative estimate of drug-likeness (QED) is 0.896. The van der Waals surface area contributed by atoms with Crippen LogP contribution in [0.4, 0.5) is 0 Å². The molecule has 2 aromatic rings. The Bertz CT molecular complexity index is 779. The molecule has 3 heterocycles. The predicted molar refractivity (Wildman–Crippen MR) is 107 cm³/mol. The van der Waals surface area contributed by atoms with E-state index < -0.39 is 0 Å². The fourth-order valence-corrected chi connectivity index (χ4v) is 4.17. The summed E-state index contributed by atoms with van der Waals surface area (Å²) in [4.78, 5) is 19.8. The van der Waals surface area contributed by atoms with E-state index >= 15 is 0 Å². The van der Waals surface area contributed by atoms with Crippen LogP contribution in [0.25, 0.3) is 11.3 Å². The zero-order valence-electron chi connectivity index (χ0n) is 16.3. The van der Waals surface area contributed by atoms with E-state index in [9.17, 15) is 4.79 Å². The molecular formula is C21H29N5O. The van der Waals surface area contributed by atoms with Gasteiger partial charge >= 0.3 is 0 Å². The van der Waals surface area contributed by atoms with E-state index in [1.54, 1.807) is 0 Å². The molecule has 2 aliphatic heterocycles. The molecule has 1 saturated heterocycles. The minimum absolute atomic E-state index is 0.0399. The number of amides is 1. The third-order valence-electron chi connectivity index (χ3n) is 6.02. The Balaban J connectivity index is 1.44. The minimum Gasteiger partial charge on any atom is -0.341 e. The highest BCUT2D eigenvalue weighted by atomic mass is 16.2. The first-order chi connectivity index (χ1) is 13.1. The van der Waals surface area contributed by atoms with Gasteiger partial charge in [0.25, 0.3) is 0 Å². The van der Waals surface area contributed by atoms with Crippen molar-refractivity contribution in [3.63, 3.8) is 0 Å². The molecule has 1 fully saturated rings. The van der Waals surface area contributed by atoms with Crippen molar-refractivity contribution in [1.29, 1.82) is 0 Å². The lowest BCUT2D eigenvalue weighted by molar-refractivity contribution is -0.137. The Morgan fingerprint density at radius 3 is 2.48 bits per heavy atom. The molecule has 1 aromatic carbocycles. The van der Waals surface area contributed by atoms with E-state index in [2.05, 4.69) is 46.1 Å². The largest absolute Gasteiger partial charge is 0.341 e. The van der Waals surface area contributed by atoms with Gasteiger partial charge in [-0.1, -0.05) is 30.3 Å². The lowest BCUT2D eigenvalue weighted by Gasteiger charge is -2.37. The Morgan fingerprint density at radius 2 is 1.74 bits per heavy atom. The van der Waals surface area contributed by atoms with E-state index in [1.807, 2.05) is 23.1 Å². The highest BCUT2D eigenvalue weighted by Gasteiger charge is 2.30. The normalized spacial score (nSPS) is 20.1. The molecule has 1 amide bonds. The van der Waals surface area contributed by atoms with Gasteiger partial charge in [0.15, 0.2) is 0 Å². The molecule has 0 saturated carbocycles. The van der Waals surface area contributed by atoms with Gasteiger partial charge in [-0.15, -0.1) is 0 Å². The molecule has 1 aromatic heterocycles.